The predicted octanol–water partition coefficient (Wildman–Crippen LogP) is 7.56. The first-order chi connectivity index (χ1) is 11.7. The van der Waals surface area contributed by atoms with E-state index in [4.69, 9.17) is 0 Å². The van der Waals surface area contributed by atoms with Crippen molar-refractivity contribution in [1.29, 1.82) is 0 Å². The zero-order valence-electron chi connectivity index (χ0n) is 15.4. The van der Waals surface area contributed by atoms with Gasteiger partial charge in [-0.15, -0.1) is 0 Å². The van der Waals surface area contributed by atoms with Crippen molar-refractivity contribution in [2.24, 2.45) is 0 Å². The quantitative estimate of drug-likeness (QED) is 0.470. The van der Waals surface area contributed by atoms with Crippen LogP contribution < -0.4 is 0 Å². The number of hydrogen-bond donors (Lipinski definition) is 0. The summed E-state index contributed by atoms with van der Waals surface area (Å²) in [5, 5.41) is 0. The molecule has 0 aliphatic carbocycles. The third kappa shape index (κ3) is 7.97. The summed E-state index contributed by atoms with van der Waals surface area (Å²) in [5.41, 5.74) is 5.18. The molecule has 0 atom stereocenters. The van der Waals surface area contributed by atoms with E-state index in [9.17, 15) is 0 Å². The molecule has 0 spiro atoms. The van der Waals surface area contributed by atoms with Crippen LogP contribution in [0.3, 0.4) is 0 Å². The van der Waals surface area contributed by atoms with Crippen LogP contribution in [0.5, 0.6) is 0 Å². The van der Waals surface area contributed by atoms with Crippen molar-refractivity contribution in [3.05, 3.63) is 84.4 Å². The summed E-state index contributed by atoms with van der Waals surface area (Å²) >= 11 is 0. The van der Waals surface area contributed by atoms with Gasteiger partial charge in [-0.3, -0.25) is 0 Å². The highest BCUT2D eigenvalue weighted by molar-refractivity contribution is 5.62. The van der Waals surface area contributed by atoms with Crippen molar-refractivity contribution in [2.75, 3.05) is 0 Å². The lowest BCUT2D eigenvalue weighted by Gasteiger charge is -2.03. The van der Waals surface area contributed by atoms with Crippen molar-refractivity contribution in [1.82, 2.24) is 0 Å². The third-order valence-electron chi connectivity index (χ3n) is 4.05. The molecule has 0 nitrogen and oxygen atoms in total. The zero-order chi connectivity index (χ0) is 17.6. The Hall–Kier alpha value is -2.08. The molecule has 0 bridgehead atoms. The second-order valence-electron chi connectivity index (χ2n) is 6.12. The van der Waals surface area contributed by atoms with Crippen LogP contribution in [0.2, 0.25) is 0 Å². The molecular formula is C24H32. The molecule has 128 valence electrons. The van der Waals surface area contributed by atoms with Gasteiger partial charge < -0.3 is 0 Å². The van der Waals surface area contributed by atoms with Gasteiger partial charge in [0, 0.05) is 0 Å². The maximum atomic E-state index is 4.06. The Kier molecular flexibility index (Phi) is 10.3. The Balaban J connectivity index is 0.000000240. The van der Waals surface area contributed by atoms with Gasteiger partial charge in [0.1, 0.15) is 0 Å². The van der Waals surface area contributed by atoms with Crippen LogP contribution in [0.4, 0.5) is 0 Å². The highest BCUT2D eigenvalue weighted by atomic mass is 14.0. The molecule has 0 aromatic heterocycles. The Morgan fingerprint density at radius 2 is 1.50 bits per heavy atom. The molecule has 2 aromatic carbocycles. The number of allylic oxidation sites excluding steroid dienone is 1. The van der Waals surface area contributed by atoms with Crippen molar-refractivity contribution < 1.29 is 0 Å². The van der Waals surface area contributed by atoms with E-state index in [-0.39, 0.29) is 0 Å². The number of unbranched alkanes of at least 4 members (excludes halogenated alkanes) is 2. The molecule has 0 saturated carbocycles. The molecule has 2 aromatic rings. The first-order valence-electron chi connectivity index (χ1n) is 9.15. The van der Waals surface area contributed by atoms with E-state index in [1.54, 1.807) is 0 Å². The summed E-state index contributed by atoms with van der Waals surface area (Å²) in [6, 6.07) is 19.0. The first kappa shape index (κ1) is 20.0. The van der Waals surface area contributed by atoms with Crippen LogP contribution in [0, 0.1) is 0 Å². The minimum Gasteiger partial charge on any atom is -0.0985 e. The van der Waals surface area contributed by atoms with Crippen LogP contribution in [-0.2, 0) is 6.42 Å². The number of benzene rings is 2. The average Bonchev–Trinajstić information content (AvgIpc) is 2.66. The SMILES string of the molecule is C=C(CCCC)c1ccccc1.C=Cc1ccc(CCCC)cc1. The minimum absolute atomic E-state index is 1.13. The monoisotopic (exact) mass is 320 g/mol. The number of hydrogen-bond acceptors (Lipinski definition) is 0. The molecule has 0 heterocycles. The van der Waals surface area contributed by atoms with Crippen LogP contribution in [0.1, 0.15) is 62.6 Å². The molecule has 0 unspecified atom stereocenters. The Labute approximate surface area is 148 Å². The Bertz CT molecular complexity index is 575. The molecule has 0 radical (unpaired) electrons. The smallest absolute Gasteiger partial charge is 0.0230 e. The van der Waals surface area contributed by atoms with E-state index >= 15 is 0 Å². The maximum absolute atomic E-state index is 4.06. The molecule has 0 aliphatic rings. The number of aryl methyl sites for hydroxylation is 1. The van der Waals surface area contributed by atoms with E-state index < -0.39 is 0 Å². The standard InChI is InChI=1S/2C12H16/c1-3-4-8-11(2)12-9-6-5-7-10-12;1-3-5-6-12-9-7-11(4-2)8-10-12/h5-7,9-10H,2-4,8H2,1H3;4,7-10H,2-3,5-6H2,1H3. The fraction of sp³-hybridized carbons (Fsp3) is 0.333. The topological polar surface area (TPSA) is 0 Å². The summed E-state index contributed by atoms with van der Waals surface area (Å²) in [6.07, 6.45) is 9.24. The lowest BCUT2D eigenvalue weighted by atomic mass is 10.0. The summed E-state index contributed by atoms with van der Waals surface area (Å²) in [4.78, 5) is 0. The molecule has 0 saturated heterocycles. The average molecular weight is 321 g/mol. The largest absolute Gasteiger partial charge is 0.0985 e. The maximum Gasteiger partial charge on any atom is -0.0230 e. The van der Waals surface area contributed by atoms with Crippen LogP contribution in [0.15, 0.2) is 67.8 Å². The second kappa shape index (κ2) is 12.4. The normalized spacial score (nSPS) is 9.75. The molecule has 0 amide bonds. The molecule has 0 fully saturated rings. The van der Waals surface area contributed by atoms with E-state index in [1.165, 1.54) is 54.4 Å². The van der Waals surface area contributed by atoms with Crippen LogP contribution in [-0.4, -0.2) is 0 Å². The Morgan fingerprint density at radius 1 is 0.875 bits per heavy atom. The van der Waals surface area contributed by atoms with Gasteiger partial charge in [0.15, 0.2) is 0 Å². The highest BCUT2D eigenvalue weighted by Crippen LogP contribution is 2.17. The van der Waals surface area contributed by atoms with E-state index in [1.807, 2.05) is 12.1 Å². The third-order valence-corrected chi connectivity index (χ3v) is 4.05. The van der Waals surface area contributed by atoms with Gasteiger partial charge >= 0.3 is 0 Å². The highest BCUT2D eigenvalue weighted by Gasteiger charge is 1.95. The van der Waals surface area contributed by atoms with Crippen LogP contribution >= 0.6 is 0 Å². The van der Waals surface area contributed by atoms with E-state index in [2.05, 4.69) is 75.5 Å². The molecule has 2 rings (SSSR count). The molecule has 0 N–H and O–H groups in total. The lowest BCUT2D eigenvalue weighted by molar-refractivity contribution is 0.795. The fourth-order valence-electron chi connectivity index (χ4n) is 2.41. The molecule has 0 heteroatoms. The minimum atomic E-state index is 1.13. The van der Waals surface area contributed by atoms with Crippen LogP contribution in [0.25, 0.3) is 11.6 Å². The van der Waals surface area contributed by atoms with Crippen molar-refractivity contribution in [2.45, 2.75) is 52.4 Å². The van der Waals surface area contributed by atoms with E-state index in [0.29, 0.717) is 0 Å². The molecule has 24 heavy (non-hydrogen) atoms. The van der Waals surface area contributed by atoms with Crippen molar-refractivity contribution in [3.8, 4) is 0 Å². The number of rotatable bonds is 8. The van der Waals surface area contributed by atoms with E-state index in [0.717, 1.165) is 6.42 Å². The van der Waals surface area contributed by atoms with Gasteiger partial charge in [-0.2, -0.15) is 0 Å². The zero-order valence-corrected chi connectivity index (χ0v) is 15.4. The van der Waals surface area contributed by atoms with Gasteiger partial charge in [0.05, 0.1) is 0 Å². The summed E-state index contributed by atoms with van der Waals surface area (Å²) in [6.45, 7) is 12.2. The van der Waals surface area contributed by atoms with Crippen molar-refractivity contribution in [3.63, 3.8) is 0 Å². The summed E-state index contributed by atoms with van der Waals surface area (Å²) in [7, 11) is 0. The Morgan fingerprint density at radius 3 is 2.04 bits per heavy atom. The first-order valence-corrected chi connectivity index (χ1v) is 9.15. The summed E-state index contributed by atoms with van der Waals surface area (Å²) < 4.78 is 0. The van der Waals surface area contributed by atoms with Gasteiger partial charge in [-0.25, -0.2) is 0 Å². The molecular weight excluding hydrogens is 288 g/mol. The van der Waals surface area contributed by atoms with Gasteiger partial charge in [0.2, 0.25) is 0 Å². The predicted molar refractivity (Wildman–Crippen MR) is 110 cm³/mol. The fourth-order valence-corrected chi connectivity index (χ4v) is 2.41. The van der Waals surface area contributed by atoms with Gasteiger partial charge in [0.25, 0.3) is 0 Å². The lowest BCUT2D eigenvalue weighted by Crippen LogP contribution is -1.83. The summed E-state index contributed by atoms with van der Waals surface area (Å²) in [5.74, 6) is 0. The second-order valence-corrected chi connectivity index (χ2v) is 6.12. The van der Waals surface area contributed by atoms with Gasteiger partial charge in [-0.1, -0.05) is 101 Å². The molecule has 0 aliphatic heterocycles. The van der Waals surface area contributed by atoms with Crippen molar-refractivity contribution >= 4 is 11.6 Å². The van der Waals surface area contributed by atoms with Gasteiger partial charge in [-0.05, 0) is 47.9 Å².